The van der Waals surface area contributed by atoms with Crippen molar-refractivity contribution in [3.05, 3.63) is 29.2 Å². The first-order valence-corrected chi connectivity index (χ1v) is 5.08. The Hall–Kier alpha value is -1.62. The van der Waals surface area contributed by atoms with E-state index in [0.29, 0.717) is 6.04 Å². The maximum absolute atomic E-state index is 4.50. The third-order valence-corrected chi connectivity index (χ3v) is 2.79. The van der Waals surface area contributed by atoms with Crippen molar-refractivity contribution in [3.63, 3.8) is 0 Å². The van der Waals surface area contributed by atoms with Gasteiger partial charge in [0.2, 0.25) is 0 Å². The largest absolute Gasteiger partial charge is 0.304 e. The number of rotatable bonds is 1. The van der Waals surface area contributed by atoms with Crippen molar-refractivity contribution in [3.8, 4) is 5.82 Å². The lowest BCUT2D eigenvalue weighted by molar-refractivity contribution is 0.616. The summed E-state index contributed by atoms with van der Waals surface area (Å²) < 4.78 is 1.84. The van der Waals surface area contributed by atoms with Crippen LogP contribution in [0.1, 0.15) is 29.9 Å². The fourth-order valence-electron chi connectivity index (χ4n) is 1.92. The first-order chi connectivity index (χ1) is 7.24. The molecule has 5 heteroatoms. The summed E-state index contributed by atoms with van der Waals surface area (Å²) in [6, 6.07) is 2.38. The third kappa shape index (κ3) is 1.27. The lowest BCUT2D eigenvalue weighted by Crippen LogP contribution is -2.09. The normalized spacial score (nSPS) is 19.5. The van der Waals surface area contributed by atoms with E-state index in [0.717, 1.165) is 23.8 Å². The number of hydrogen-bond acceptors (Lipinski definition) is 3. The van der Waals surface area contributed by atoms with Crippen LogP contribution in [0.5, 0.6) is 0 Å². The van der Waals surface area contributed by atoms with Crippen LogP contribution in [-0.2, 0) is 6.54 Å². The van der Waals surface area contributed by atoms with Crippen LogP contribution < -0.4 is 5.32 Å². The minimum absolute atomic E-state index is 0.397. The fourth-order valence-corrected chi connectivity index (χ4v) is 1.92. The van der Waals surface area contributed by atoms with Crippen LogP contribution in [0.15, 0.2) is 12.3 Å². The Morgan fingerprint density at radius 1 is 1.53 bits per heavy atom. The van der Waals surface area contributed by atoms with Crippen LogP contribution in [0.3, 0.4) is 0 Å². The summed E-state index contributed by atoms with van der Waals surface area (Å²) in [7, 11) is 0. The molecule has 2 N–H and O–H groups in total. The Morgan fingerprint density at radius 2 is 2.40 bits per heavy atom. The second kappa shape index (κ2) is 2.93. The monoisotopic (exact) mass is 203 g/mol. The van der Waals surface area contributed by atoms with E-state index in [1.165, 1.54) is 5.56 Å². The molecule has 1 aliphatic rings. The van der Waals surface area contributed by atoms with Crippen molar-refractivity contribution < 1.29 is 0 Å². The van der Waals surface area contributed by atoms with E-state index < -0.39 is 0 Å². The Kier molecular flexibility index (Phi) is 1.70. The molecule has 0 aromatic carbocycles. The third-order valence-electron chi connectivity index (χ3n) is 2.79. The second-order valence-electron chi connectivity index (χ2n) is 3.99. The van der Waals surface area contributed by atoms with Gasteiger partial charge in [-0.1, -0.05) is 0 Å². The molecular weight excluding hydrogens is 190 g/mol. The summed E-state index contributed by atoms with van der Waals surface area (Å²) in [6.45, 7) is 4.98. The number of aromatic amines is 1. The number of nitrogens with one attached hydrogen (secondary N) is 2. The number of aryl methyl sites for hydroxylation is 1. The molecule has 0 bridgehead atoms. The van der Waals surface area contributed by atoms with Gasteiger partial charge in [0.1, 0.15) is 0 Å². The van der Waals surface area contributed by atoms with E-state index >= 15 is 0 Å². The topological polar surface area (TPSA) is 58.5 Å². The van der Waals surface area contributed by atoms with E-state index in [1.807, 2.05) is 17.7 Å². The van der Waals surface area contributed by atoms with Crippen molar-refractivity contribution >= 4 is 0 Å². The molecule has 1 unspecified atom stereocenters. The highest BCUT2D eigenvalue weighted by Gasteiger charge is 2.22. The van der Waals surface area contributed by atoms with Crippen LogP contribution in [0.2, 0.25) is 0 Å². The number of nitrogens with zero attached hydrogens (tertiary/aromatic N) is 3. The second-order valence-corrected chi connectivity index (χ2v) is 3.99. The maximum Gasteiger partial charge on any atom is 0.175 e. The predicted molar refractivity (Wildman–Crippen MR) is 55.7 cm³/mol. The summed E-state index contributed by atoms with van der Waals surface area (Å²) in [5.74, 6) is 0.856. The minimum atomic E-state index is 0.397. The lowest BCUT2D eigenvalue weighted by atomic mass is 10.2. The maximum atomic E-state index is 4.50. The molecule has 15 heavy (non-hydrogen) atoms. The first-order valence-electron chi connectivity index (χ1n) is 5.08. The SMILES string of the molecule is Cc1cc(-n2cc3c(n2)CNC3C)n[nH]1. The van der Waals surface area contributed by atoms with Crippen LogP contribution in [0.25, 0.3) is 5.82 Å². The van der Waals surface area contributed by atoms with Gasteiger partial charge in [0.05, 0.1) is 5.69 Å². The van der Waals surface area contributed by atoms with E-state index in [1.54, 1.807) is 0 Å². The van der Waals surface area contributed by atoms with Crippen molar-refractivity contribution in [1.29, 1.82) is 0 Å². The van der Waals surface area contributed by atoms with Crippen LogP contribution >= 0.6 is 0 Å². The highest BCUT2D eigenvalue weighted by molar-refractivity contribution is 5.31. The van der Waals surface area contributed by atoms with E-state index in [4.69, 9.17) is 0 Å². The average Bonchev–Trinajstić information content (AvgIpc) is 2.84. The van der Waals surface area contributed by atoms with E-state index in [9.17, 15) is 0 Å². The van der Waals surface area contributed by atoms with Gasteiger partial charge in [-0.3, -0.25) is 5.10 Å². The molecule has 1 atom stereocenters. The van der Waals surface area contributed by atoms with Crippen molar-refractivity contribution in [1.82, 2.24) is 25.3 Å². The van der Waals surface area contributed by atoms with Gasteiger partial charge in [-0.15, -0.1) is 0 Å². The Balaban J connectivity index is 2.04. The van der Waals surface area contributed by atoms with Gasteiger partial charge in [-0.05, 0) is 13.8 Å². The van der Waals surface area contributed by atoms with Crippen molar-refractivity contribution in [2.24, 2.45) is 0 Å². The van der Waals surface area contributed by atoms with E-state index in [2.05, 4.69) is 33.7 Å². The number of fused-ring (bicyclic) bond motifs is 1. The van der Waals surface area contributed by atoms with Crippen molar-refractivity contribution in [2.45, 2.75) is 26.4 Å². The molecule has 0 saturated carbocycles. The Labute approximate surface area is 87.5 Å². The van der Waals surface area contributed by atoms with Gasteiger partial charge in [-0.2, -0.15) is 10.2 Å². The molecule has 5 nitrogen and oxygen atoms in total. The molecule has 0 radical (unpaired) electrons. The van der Waals surface area contributed by atoms with Crippen LogP contribution in [-0.4, -0.2) is 20.0 Å². The predicted octanol–water partition coefficient (Wildman–Crippen LogP) is 1.07. The summed E-state index contributed by atoms with van der Waals surface area (Å²) in [5.41, 5.74) is 3.45. The molecular formula is C10H13N5. The summed E-state index contributed by atoms with van der Waals surface area (Å²) in [4.78, 5) is 0. The summed E-state index contributed by atoms with van der Waals surface area (Å²) >= 11 is 0. The van der Waals surface area contributed by atoms with Gasteiger partial charge in [0.25, 0.3) is 0 Å². The molecule has 0 amide bonds. The lowest BCUT2D eigenvalue weighted by Gasteiger charge is -2.01. The van der Waals surface area contributed by atoms with Crippen LogP contribution in [0, 0.1) is 6.92 Å². The minimum Gasteiger partial charge on any atom is -0.304 e. The van der Waals surface area contributed by atoms with Gasteiger partial charge >= 0.3 is 0 Å². The number of hydrogen-bond donors (Lipinski definition) is 2. The molecule has 2 aromatic heterocycles. The highest BCUT2D eigenvalue weighted by atomic mass is 15.4. The molecule has 78 valence electrons. The number of H-pyrrole nitrogens is 1. The highest BCUT2D eigenvalue weighted by Crippen LogP contribution is 2.24. The zero-order chi connectivity index (χ0) is 10.4. The Bertz CT molecular complexity index is 496. The molecule has 2 aromatic rings. The molecule has 0 fully saturated rings. The average molecular weight is 203 g/mol. The zero-order valence-electron chi connectivity index (χ0n) is 8.78. The molecule has 1 aliphatic heterocycles. The smallest absolute Gasteiger partial charge is 0.175 e. The van der Waals surface area contributed by atoms with Gasteiger partial charge in [0, 0.05) is 36.1 Å². The zero-order valence-corrected chi connectivity index (χ0v) is 8.78. The molecule has 0 aliphatic carbocycles. The van der Waals surface area contributed by atoms with E-state index in [-0.39, 0.29) is 0 Å². The molecule has 0 saturated heterocycles. The first kappa shape index (κ1) is 8.67. The molecule has 3 rings (SSSR count). The van der Waals surface area contributed by atoms with Crippen molar-refractivity contribution in [2.75, 3.05) is 0 Å². The Morgan fingerprint density at radius 3 is 3.07 bits per heavy atom. The fraction of sp³-hybridized carbons (Fsp3) is 0.400. The standard InChI is InChI=1S/C10H13N5/c1-6-3-10(13-12-6)15-5-8-7(2)11-4-9(8)14-15/h3,5,7,11H,4H2,1-2H3,(H,12,13). The van der Waals surface area contributed by atoms with Gasteiger partial charge in [-0.25, -0.2) is 4.68 Å². The molecule has 0 spiro atoms. The quantitative estimate of drug-likeness (QED) is 0.728. The summed E-state index contributed by atoms with van der Waals surface area (Å²) in [5, 5.41) is 14.9. The van der Waals surface area contributed by atoms with Gasteiger partial charge < -0.3 is 5.32 Å². The summed E-state index contributed by atoms with van der Waals surface area (Å²) in [6.07, 6.45) is 2.05. The number of aromatic nitrogens is 4. The molecule has 3 heterocycles. The van der Waals surface area contributed by atoms with Gasteiger partial charge in [0.15, 0.2) is 5.82 Å². The van der Waals surface area contributed by atoms with Crippen LogP contribution in [0.4, 0.5) is 0 Å².